The molecule has 72 heavy (non-hydrogen) atoms. The molecule has 1 saturated carbocycles. The zero-order valence-electron chi connectivity index (χ0n) is 51.4. The number of hydrogen-bond acceptors (Lipinski definition) is 2. The van der Waals surface area contributed by atoms with Crippen LogP contribution in [0, 0.1) is 5.92 Å². The summed E-state index contributed by atoms with van der Waals surface area (Å²) in [4.78, 5) is 0. The fourth-order valence-corrected chi connectivity index (χ4v) is 11.4. The largest absolute Gasteiger partial charge is 0.394 e. The van der Waals surface area contributed by atoms with Gasteiger partial charge in [-0.1, -0.05) is 419 Å². The Hall–Kier alpha value is -0.0800. The molecule has 1 fully saturated rings. The zero-order valence-corrected chi connectivity index (χ0v) is 51.4. The van der Waals surface area contributed by atoms with E-state index in [1.54, 1.807) is 0 Å². The highest BCUT2D eigenvalue weighted by Crippen LogP contribution is 2.27. The van der Waals surface area contributed by atoms with Crippen LogP contribution in [-0.2, 0) is 4.74 Å². The van der Waals surface area contributed by atoms with Crippen LogP contribution in [0.4, 0.5) is 0 Å². The lowest BCUT2D eigenvalue weighted by atomic mass is 10.0. The number of ether oxygens (including phenoxy) is 1. The standard InChI is InChI=1S/C40H82.C21H44.C9H18O2/c1-3-5-7-9-11-13-15-17-19-21-23-25-27-29-31-33-35-37-39-40-38-36-34-32-30-28-26-24-22-20-18-16-14-12-10-8-6-4-2;1-3-5-7-9-11-13-15-17-19-21-20-18-16-14-12-10-8-6-4-2;10-6-8-11-7-5-9-3-1-2-4-9/h3-40H2,1-2H3;3-21H2,1-2H3;9-10H,1-8H2. The Morgan fingerprint density at radius 3 is 0.528 bits per heavy atom. The minimum absolute atomic E-state index is 0.157. The highest BCUT2D eigenvalue weighted by molar-refractivity contribution is 4.66. The molecule has 1 aliphatic rings. The molecule has 0 heterocycles. The van der Waals surface area contributed by atoms with Crippen molar-refractivity contribution in [2.75, 3.05) is 19.8 Å². The van der Waals surface area contributed by atoms with E-state index in [0.29, 0.717) is 6.61 Å². The van der Waals surface area contributed by atoms with Crippen molar-refractivity contribution in [2.24, 2.45) is 5.92 Å². The molecular weight excluding hydrogens is 873 g/mol. The number of aliphatic hydroxyl groups is 1. The van der Waals surface area contributed by atoms with E-state index in [9.17, 15) is 0 Å². The lowest BCUT2D eigenvalue weighted by molar-refractivity contribution is 0.0834. The molecule has 0 aromatic rings. The first kappa shape index (κ1) is 74.0. The molecule has 0 saturated heterocycles. The molecule has 0 spiro atoms. The van der Waals surface area contributed by atoms with E-state index in [2.05, 4.69) is 27.7 Å². The minimum atomic E-state index is 0.157. The van der Waals surface area contributed by atoms with Crippen molar-refractivity contribution < 1.29 is 9.84 Å². The summed E-state index contributed by atoms with van der Waals surface area (Å²) >= 11 is 0. The van der Waals surface area contributed by atoms with Gasteiger partial charge in [0.25, 0.3) is 0 Å². The second-order valence-electron chi connectivity index (χ2n) is 24.0. The molecule has 0 aliphatic heterocycles. The van der Waals surface area contributed by atoms with E-state index < -0.39 is 0 Å². The summed E-state index contributed by atoms with van der Waals surface area (Å²) in [5.41, 5.74) is 0. The van der Waals surface area contributed by atoms with E-state index in [4.69, 9.17) is 9.84 Å². The van der Waals surface area contributed by atoms with Gasteiger partial charge in [-0.05, 0) is 12.3 Å². The highest BCUT2D eigenvalue weighted by atomic mass is 16.5. The van der Waals surface area contributed by atoms with Gasteiger partial charge < -0.3 is 9.84 Å². The summed E-state index contributed by atoms with van der Waals surface area (Å²) in [6, 6.07) is 0. The van der Waals surface area contributed by atoms with Crippen molar-refractivity contribution in [3.63, 3.8) is 0 Å². The van der Waals surface area contributed by atoms with Gasteiger partial charge in [0.2, 0.25) is 0 Å². The van der Waals surface area contributed by atoms with Crippen molar-refractivity contribution in [3.05, 3.63) is 0 Å². The topological polar surface area (TPSA) is 29.5 Å². The Bertz CT molecular complexity index is 794. The molecule has 1 aliphatic carbocycles. The molecule has 0 amide bonds. The van der Waals surface area contributed by atoms with Crippen LogP contribution in [0.25, 0.3) is 0 Å². The number of rotatable bonds is 60. The maximum atomic E-state index is 8.43. The number of aliphatic hydroxyl groups excluding tert-OH is 1. The van der Waals surface area contributed by atoms with Crippen LogP contribution < -0.4 is 0 Å². The molecular formula is C70H144O2. The molecule has 0 atom stereocenters. The van der Waals surface area contributed by atoms with Gasteiger partial charge in [0, 0.05) is 6.61 Å². The van der Waals surface area contributed by atoms with E-state index in [1.807, 2.05) is 0 Å². The fraction of sp³-hybridized carbons (Fsp3) is 1.00. The van der Waals surface area contributed by atoms with Gasteiger partial charge in [0.05, 0.1) is 13.2 Å². The Morgan fingerprint density at radius 1 is 0.236 bits per heavy atom. The van der Waals surface area contributed by atoms with Crippen molar-refractivity contribution in [2.45, 2.75) is 426 Å². The van der Waals surface area contributed by atoms with Gasteiger partial charge >= 0.3 is 0 Å². The van der Waals surface area contributed by atoms with Crippen LogP contribution in [0.5, 0.6) is 0 Å². The van der Waals surface area contributed by atoms with E-state index in [0.717, 1.165) is 12.5 Å². The molecule has 0 bridgehead atoms. The Morgan fingerprint density at radius 2 is 0.389 bits per heavy atom. The predicted octanol–water partition coefficient (Wildman–Crippen LogP) is 25.9. The lowest BCUT2D eigenvalue weighted by Crippen LogP contribution is -2.04. The van der Waals surface area contributed by atoms with Crippen molar-refractivity contribution in [1.82, 2.24) is 0 Å². The molecule has 0 unspecified atom stereocenters. The summed E-state index contributed by atoms with van der Waals surface area (Å²) in [6.07, 6.45) is 91.1. The highest BCUT2D eigenvalue weighted by Gasteiger charge is 2.14. The molecule has 1 rings (SSSR count). The Kier molecular flexibility index (Phi) is 75.0. The van der Waals surface area contributed by atoms with Crippen molar-refractivity contribution in [1.29, 1.82) is 0 Å². The van der Waals surface area contributed by atoms with E-state index >= 15 is 0 Å². The van der Waals surface area contributed by atoms with Gasteiger partial charge in [0.15, 0.2) is 0 Å². The van der Waals surface area contributed by atoms with Crippen LogP contribution in [0.2, 0.25) is 0 Å². The maximum Gasteiger partial charge on any atom is 0.0697 e. The van der Waals surface area contributed by atoms with Crippen molar-refractivity contribution >= 4 is 0 Å². The minimum Gasteiger partial charge on any atom is -0.394 e. The molecule has 0 aromatic carbocycles. The Balaban J connectivity index is 0. The van der Waals surface area contributed by atoms with Crippen LogP contribution in [0.1, 0.15) is 426 Å². The summed E-state index contributed by atoms with van der Waals surface area (Å²) in [5, 5.41) is 8.43. The van der Waals surface area contributed by atoms with E-state index in [-0.39, 0.29) is 6.61 Å². The SMILES string of the molecule is CCCCCCCCCCCCCCCCCCCCC.CCCCCCCCCCCCCCCCCCCCCCCCCCCCCCCCCCCCCCCC.OCCOCCC1CCCC1. The first-order valence-corrected chi connectivity index (χ1v) is 34.9. The second kappa shape index (κ2) is 73.0. The molecule has 436 valence electrons. The lowest BCUT2D eigenvalue weighted by Gasteiger charge is -2.07. The third kappa shape index (κ3) is 72.0. The van der Waals surface area contributed by atoms with Crippen LogP contribution >= 0.6 is 0 Å². The van der Waals surface area contributed by atoms with Gasteiger partial charge in [-0.25, -0.2) is 0 Å². The number of unbranched alkanes of at least 4 members (excludes halogenated alkanes) is 55. The van der Waals surface area contributed by atoms with Gasteiger partial charge in [-0.15, -0.1) is 0 Å². The van der Waals surface area contributed by atoms with Crippen LogP contribution in [-0.4, -0.2) is 24.9 Å². The Labute approximate surface area is 459 Å². The predicted molar refractivity (Wildman–Crippen MR) is 330 cm³/mol. The second-order valence-corrected chi connectivity index (χ2v) is 24.0. The third-order valence-corrected chi connectivity index (χ3v) is 16.5. The first-order chi connectivity index (χ1) is 35.8. The van der Waals surface area contributed by atoms with Gasteiger partial charge in [0.1, 0.15) is 0 Å². The van der Waals surface area contributed by atoms with Gasteiger partial charge in [-0.3, -0.25) is 0 Å². The van der Waals surface area contributed by atoms with Crippen molar-refractivity contribution in [3.8, 4) is 0 Å². The van der Waals surface area contributed by atoms with Crippen LogP contribution in [0.3, 0.4) is 0 Å². The maximum absolute atomic E-state index is 8.43. The van der Waals surface area contributed by atoms with Gasteiger partial charge in [-0.2, -0.15) is 0 Å². The summed E-state index contributed by atoms with van der Waals surface area (Å²) in [7, 11) is 0. The van der Waals surface area contributed by atoms with Crippen LogP contribution in [0.15, 0.2) is 0 Å². The average Bonchev–Trinajstić information content (AvgIpc) is 3.93. The quantitative estimate of drug-likeness (QED) is 0.0615. The third-order valence-electron chi connectivity index (χ3n) is 16.5. The fourth-order valence-electron chi connectivity index (χ4n) is 11.4. The summed E-state index contributed by atoms with van der Waals surface area (Å²) in [6.45, 7) is 10.7. The molecule has 1 N–H and O–H groups in total. The molecule has 0 aromatic heterocycles. The summed E-state index contributed by atoms with van der Waals surface area (Å²) < 4.78 is 5.19. The molecule has 2 nitrogen and oxygen atoms in total. The monoisotopic (exact) mass is 1020 g/mol. The first-order valence-electron chi connectivity index (χ1n) is 34.9. The average molecular weight is 1020 g/mol. The number of hydrogen-bond donors (Lipinski definition) is 1. The molecule has 0 radical (unpaired) electrons. The molecule has 2 heteroatoms. The summed E-state index contributed by atoms with van der Waals surface area (Å²) in [5.74, 6) is 0.911. The van der Waals surface area contributed by atoms with E-state index in [1.165, 1.54) is 398 Å². The smallest absolute Gasteiger partial charge is 0.0697 e. The normalized spacial score (nSPS) is 12.6. The zero-order chi connectivity index (χ0) is 52.2.